The second-order valence-electron chi connectivity index (χ2n) is 36.0. The molecule has 8 nitrogen and oxygen atoms in total. The number of methoxy groups -OCH3 is 1. The van der Waals surface area contributed by atoms with Crippen LogP contribution in [0.2, 0.25) is 0 Å². The van der Waals surface area contributed by atoms with Crippen LogP contribution in [0.3, 0.4) is 0 Å². The molecule has 1 fully saturated rings. The lowest BCUT2D eigenvalue weighted by Gasteiger charge is -2.49. The van der Waals surface area contributed by atoms with Crippen molar-refractivity contribution in [3.8, 4) is 0 Å². The number of allylic oxidation sites excluding steroid dienone is 1. The van der Waals surface area contributed by atoms with Gasteiger partial charge in [-0.2, -0.15) is 0 Å². The molecule has 6 heterocycles. The average Bonchev–Trinajstić information content (AvgIpc) is 1.38. The van der Waals surface area contributed by atoms with Crippen molar-refractivity contribution in [1.82, 2.24) is 24.8 Å². The second-order valence-corrected chi connectivity index (χ2v) is 36.0. The molecule has 0 unspecified atom stereocenters. The Bertz CT molecular complexity index is 9160. The van der Waals surface area contributed by atoms with Crippen molar-refractivity contribution in [3.05, 3.63) is 97.6 Å². The summed E-state index contributed by atoms with van der Waals surface area (Å²) >= 11 is 0. The van der Waals surface area contributed by atoms with Crippen LogP contribution in [-0.4, -0.2) is 63.3 Å². The van der Waals surface area contributed by atoms with E-state index in [2.05, 4.69) is 67.3 Å². The third kappa shape index (κ3) is 3.13. The highest BCUT2D eigenvalue weighted by Gasteiger charge is 2.73. The van der Waals surface area contributed by atoms with Crippen LogP contribution in [0.5, 0.6) is 0 Å². The maximum atomic E-state index is 14.7. The number of H-pyrrole nitrogens is 2. The standard InChI is InChI=1S/C96H39N5O3/c1-7-21-18(3)26-12-27-19(4)23(9-10-33(103)104-6)93(99-27)24-11-32(102)34-20(5)28(100-94(24)34)13-30-22(8-2)25(31(98-30)14-29(21)97-26)15-101-16-95-89-81-73-63-53-45-37-35-36-39-43-41(37)49-57-51(43)61-55-47(39)48-40(36)44-42-38(35)46(45)54-60-50(42)58-52(44)62-56(48)66-65(55)75-69(61)79-71(57)77(67(73)59(49)53)85(89)87(79)91-83(75)84-76(66)70(62)80-72(58)78-68(60)74(64(54)63)82(81)90(95)86(78)88(80)92(84)96(91,95)17-101/h7,12-14,19,23,97,100H,1,8-11,15-17H2,2-6H3/t19-,23-,95?,96?/m0/s1. The minimum absolute atomic E-state index is 0.0177. The Hall–Kier alpha value is -11.8. The molecule has 2 spiro atoms. The number of benzene rings is 18. The number of carbonyl (C=O) groups is 2. The Balaban J connectivity index is 0.711. The van der Waals surface area contributed by atoms with E-state index in [9.17, 15) is 9.59 Å². The third-order valence-electron chi connectivity index (χ3n) is 34.1. The minimum Gasteiger partial charge on any atom is -0.469 e. The lowest BCUT2D eigenvalue weighted by molar-refractivity contribution is -0.140. The van der Waals surface area contributed by atoms with Crippen molar-refractivity contribution in [1.29, 1.82) is 0 Å². The molecule has 8 bridgehead atoms. The third-order valence-corrected chi connectivity index (χ3v) is 34.1. The lowest BCUT2D eigenvalue weighted by atomic mass is 9.50. The number of rotatable bonds is 7. The van der Waals surface area contributed by atoms with Gasteiger partial charge in [0, 0.05) is 83.2 Å². The van der Waals surface area contributed by atoms with Gasteiger partial charge in [0.05, 0.1) is 40.5 Å². The van der Waals surface area contributed by atoms with Crippen molar-refractivity contribution in [2.75, 3.05) is 26.7 Å². The molecule has 104 heavy (non-hydrogen) atoms. The van der Waals surface area contributed by atoms with Crippen LogP contribution in [0.15, 0.2) is 24.8 Å². The molecule has 8 aliphatic rings. The van der Waals surface area contributed by atoms with E-state index in [1.165, 1.54) is 18.3 Å². The molecule has 1 saturated heterocycles. The molecule has 3 aliphatic heterocycles. The van der Waals surface area contributed by atoms with Gasteiger partial charge in [0.1, 0.15) is 0 Å². The zero-order chi connectivity index (χ0) is 65.3. The topological polar surface area (TPSA) is 104 Å². The normalized spacial score (nSPS) is 21.8. The van der Waals surface area contributed by atoms with Gasteiger partial charge in [-0.25, -0.2) is 4.98 Å². The van der Waals surface area contributed by atoms with Crippen molar-refractivity contribution in [2.24, 2.45) is 0 Å². The van der Waals surface area contributed by atoms with E-state index >= 15 is 0 Å². The van der Waals surface area contributed by atoms with Crippen LogP contribution in [0.25, 0.3) is 330 Å². The summed E-state index contributed by atoms with van der Waals surface area (Å²) in [4.78, 5) is 49.9. The van der Waals surface area contributed by atoms with E-state index in [0.29, 0.717) is 6.42 Å². The van der Waals surface area contributed by atoms with Crippen LogP contribution >= 0.6 is 0 Å². The molecule has 0 saturated carbocycles. The summed E-state index contributed by atoms with van der Waals surface area (Å²) in [5.41, 5.74) is 21.0. The molecule has 3 aromatic heterocycles. The minimum atomic E-state index is -0.397. The first-order chi connectivity index (χ1) is 51.2. The van der Waals surface area contributed by atoms with E-state index in [4.69, 9.17) is 14.7 Å². The van der Waals surface area contributed by atoms with Gasteiger partial charge >= 0.3 is 5.97 Å². The zero-order valence-corrected chi connectivity index (χ0v) is 56.2. The maximum absolute atomic E-state index is 14.7. The van der Waals surface area contributed by atoms with Gasteiger partial charge < -0.3 is 14.7 Å². The van der Waals surface area contributed by atoms with Crippen molar-refractivity contribution in [3.63, 3.8) is 0 Å². The molecule has 2 atom stereocenters. The summed E-state index contributed by atoms with van der Waals surface area (Å²) in [6, 6.07) is 6.86. The number of hydrogen-bond donors (Lipinski definition) is 2. The van der Waals surface area contributed by atoms with Gasteiger partial charge in [-0.15, -0.1) is 0 Å². The number of aromatic amines is 2. The predicted molar refractivity (Wildman–Crippen MR) is 428 cm³/mol. The second kappa shape index (κ2) is 11.8. The summed E-state index contributed by atoms with van der Waals surface area (Å²) in [7, 11) is 1.46. The van der Waals surface area contributed by atoms with E-state index in [0.717, 1.165) is 98.7 Å². The number of nitrogens with zero attached hydrogens (tertiary/aromatic N) is 3. The Morgan fingerprint density at radius 3 is 1.19 bits per heavy atom. The van der Waals surface area contributed by atoms with Crippen LogP contribution in [0, 0.1) is 13.8 Å². The number of hydrogen-bond acceptors (Lipinski definition) is 6. The first-order valence-electron chi connectivity index (χ1n) is 38.4. The van der Waals surface area contributed by atoms with Gasteiger partial charge in [0.2, 0.25) is 0 Å². The number of aromatic nitrogens is 4. The van der Waals surface area contributed by atoms with Crippen LogP contribution < -0.4 is 0 Å². The molecule has 0 amide bonds. The SMILES string of the molecule is C=Cc1c(C)c2cc3nc(c4c5[nH]c(cc6nc(cc1[nH]2)C(CN1CC27c8c9c%10c%11c%12c%13c(c%14c%15c2c2c8c8c%16c9c9c%10c%10c%12c%12c%17c%13c%13c%14c%14c%15c%15c2c2c8c8c%16c%16c9c9c%10c%12c%10c%12c%17c%13c%13c%14c%14c%15c2c2c8c8c%16c9c%10c9c%12c%13c%14c2c89)C%117C1)=C6CC)c(C)c5C(=O)C4)[C@@H](CCC(=O)OC)[C@@H]3C. The molecule has 28 aromatic carbocycles. The lowest BCUT2D eigenvalue weighted by Crippen LogP contribution is -2.51. The summed E-state index contributed by atoms with van der Waals surface area (Å²) in [6.07, 6.45) is 3.92. The highest BCUT2D eigenvalue weighted by molar-refractivity contribution is 6.82. The number of Topliss-reactive ketones (excluding diaryl/α,β-unsaturated/α-hetero) is 1. The molecular formula is C96H39N5O3. The molecule has 8 heteroatoms. The fraction of sp³-hybridized carbons (Fsp3) is 0.167. The highest BCUT2D eigenvalue weighted by atomic mass is 16.5. The zero-order valence-electron chi connectivity index (χ0n) is 56.2. The number of fused-ring (bicyclic) bond motifs is 8. The number of aryl methyl sites for hydroxylation is 2. The fourth-order valence-corrected chi connectivity index (χ4v) is 32.1. The Morgan fingerprint density at radius 2 is 0.837 bits per heavy atom. The van der Waals surface area contributed by atoms with E-state index in [1.54, 1.807) is 313 Å². The highest BCUT2D eigenvalue weighted by Crippen LogP contribution is 2.85. The first kappa shape index (κ1) is 45.9. The van der Waals surface area contributed by atoms with Crippen LogP contribution in [0.1, 0.15) is 123 Å². The number of likely N-dealkylation sites (tertiary alicyclic amines) is 1. The monoisotopic (exact) mass is 1310 g/mol. The number of nitrogens with one attached hydrogen (secondary N) is 2. The number of carbonyl (C=O) groups excluding carboxylic acids is 2. The summed E-state index contributed by atoms with van der Waals surface area (Å²) in [5, 5.41) is 88.0. The van der Waals surface area contributed by atoms with Gasteiger partial charge in [0.15, 0.2) is 5.78 Å². The van der Waals surface area contributed by atoms with Crippen molar-refractivity contribution < 1.29 is 14.3 Å². The number of ether oxygens (including phenoxy) is 1. The summed E-state index contributed by atoms with van der Waals surface area (Å²) in [6.45, 7) is 16.0. The molecular weight excluding hydrogens is 1270 g/mol. The van der Waals surface area contributed by atoms with Crippen molar-refractivity contribution >= 4 is 342 Å². The molecule has 5 aliphatic carbocycles. The van der Waals surface area contributed by atoms with Gasteiger partial charge in [-0.1, -0.05) is 26.5 Å². The Morgan fingerprint density at radius 1 is 0.490 bits per heavy atom. The molecule has 466 valence electrons. The quantitative estimate of drug-likeness (QED) is 0.122. The molecule has 2 N–H and O–H groups in total. The maximum Gasteiger partial charge on any atom is 0.305 e. The first-order valence-corrected chi connectivity index (χ1v) is 38.4. The predicted octanol–water partition coefficient (Wildman–Crippen LogP) is 23.1. The largest absolute Gasteiger partial charge is 0.469 e. The summed E-state index contributed by atoms with van der Waals surface area (Å²) in [5.74, 6) is -0.226. The van der Waals surface area contributed by atoms with Gasteiger partial charge in [-0.05, 0) is 380 Å². The fourth-order valence-electron chi connectivity index (χ4n) is 32.1. The Kier molecular flexibility index (Phi) is 5.23. The smallest absolute Gasteiger partial charge is 0.305 e. The van der Waals surface area contributed by atoms with E-state index in [-0.39, 0.29) is 36.4 Å². The Labute approximate surface area is 577 Å². The van der Waals surface area contributed by atoms with Crippen LogP contribution in [0.4, 0.5) is 0 Å². The van der Waals surface area contributed by atoms with Gasteiger partial charge in [-0.3, -0.25) is 19.5 Å². The molecule has 39 rings (SSSR count). The number of esters is 1. The van der Waals surface area contributed by atoms with E-state index in [1.807, 2.05) is 6.08 Å². The molecule has 0 radical (unpaired) electrons. The molecule has 31 aromatic rings. The average molecular weight is 1310 g/mol. The van der Waals surface area contributed by atoms with Gasteiger partial charge in [0.25, 0.3) is 0 Å². The number of ketones is 1. The summed E-state index contributed by atoms with van der Waals surface area (Å²) < 4.78 is 5.21. The van der Waals surface area contributed by atoms with Crippen LogP contribution in [-0.2, 0) is 26.8 Å². The van der Waals surface area contributed by atoms with E-state index < -0.39 is 10.8 Å². The van der Waals surface area contributed by atoms with Crippen molar-refractivity contribution in [2.45, 2.75) is 76.0 Å².